The van der Waals surface area contributed by atoms with Crippen LogP contribution in [0, 0.1) is 0 Å². The van der Waals surface area contributed by atoms with Crippen molar-refractivity contribution in [2.75, 3.05) is 26.2 Å². The predicted octanol–water partition coefficient (Wildman–Crippen LogP) is 1.78. The zero-order valence-corrected chi connectivity index (χ0v) is 9.47. The second kappa shape index (κ2) is 4.45. The molecule has 2 aliphatic heterocycles. The van der Waals surface area contributed by atoms with Crippen LogP contribution in [-0.2, 0) is 0 Å². The van der Waals surface area contributed by atoms with Crippen molar-refractivity contribution < 1.29 is 0 Å². The Bertz CT molecular complexity index is 226. The topological polar surface area (TPSA) is 15.3 Å². The molecule has 0 aliphatic carbocycles. The third-order valence-corrected chi connectivity index (χ3v) is 3.69. The van der Waals surface area contributed by atoms with Crippen LogP contribution in [-0.4, -0.2) is 37.1 Å². The summed E-state index contributed by atoms with van der Waals surface area (Å²) >= 11 is 0. The first-order valence-corrected chi connectivity index (χ1v) is 5.93. The van der Waals surface area contributed by atoms with Gasteiger partial charge in [-0.2, -0.15) is 0 Å². The Balaban J connectivity index is 1.89. The monoisotopic (exact) mass is 194 g/mol. The van der Waals surface area contributed by atoms with Crippen molar-refractivity contribution in [1.29, 1.82) is 0 Å². The van der Waals surface area contributed by atoms with E-state index in [1.165, 1.54) is 32.4 Å². The average Bonchev–Trinajstić information content (AvgIpc) is 2.48. The Morgan fingerprint density at radius 3 is 2.86 bits per heavy atom. The fourth-order valence-corrected chi connectivity index (χ4v) is 2.53. The molecule has 1 atom stereocenters. The van der Waals surface area contributed by atoms with Gasteiger partial charge in [-0.1, -0.05) is 12.5 Å². The van der Waals surface area contributed by atoms with Gasteiger partial charge in [0, 0.05) is 25.7 Å². The SMILES string of the molecule is CCC1CCCN1CC(C)=C1CNC1. The molecule has 2 rings (SSSR count). The molecule has 14 heavy (non-hydrogen) atoms. The molecule has 2 heterocycles. The minimum Gasteiger partial charge on any atom is -0.309 e. The lowest BCUT2D eigenvalue weighted by Crippen LogP contribution is -2.37. The molecule has 1 N–H and O–H groups in total. The van der Waals surface area contributed by atoms with E-state index in [0.717, 1.165) is 19.1 Å². The minimum absolute atomic E-state index is 0.860. The van der Waals surface area contributed by atoms with Gasteiger partial charge < -0.3 is 5.32 Å². The molecule has 1 unspecified atom stereocenters. The molecule has 0 bridgehead atoms. The van der Waals surface area contributed by atoms with Gasteiger partial charge in [-0.05, 0) is 38.3 Å². The lowest BCUT2D eigenvalue weighted by Gasteiger charge is -2.28. The van der Waals surface area contributed by atoms with Crippen LogP contribution in [0.4, 0.5) is 0 Å². The number of hydrogen-bond acceptors (Lipinski definition) is 2. The highest BCUT2D eigenvalue weighted by molar-refractivity contribution is 5.22. The second-order valence-electron chi connectivity index (χ2n) is 4.66. The molecule has 0 aromatic heterocycles. The molecule has 80 valence electrons. The molecule has 2 fully saturated rings. The molecule has 0 aromatic rings. The molecular formula is C12H22N2. The minimum atomic E-state index is 0.860. The van der Waals surface area contributed by atoms with E-state index in [0.29, 0.717) is 0 Å². The first-order chi connectivity index (χ1) is 6.81. The van der Waals surface area contributed by atoms with Crippen LogP contribution in [0.2, 0.25) is 0 Å². The largest absolute Gasteiger partial charge is 0.309 e. The normalized spacial score (nSPS) is 27.9. The van der Waals surface area contributed by atoms with Crippen molar-refractivity contribution in [3.8, 4) is 0 Å². The van der Waals surface area contributed by atoms with Gasteiger partial charge in [0.05, 0.1) is 0 Å². The predicted molar refractivity (Wildman–Crippen MR) is 60.5 cm³/mol. The van der Waals surface area contributed by atoms with E-state index in [1.807, 2.05) is 0 Å². The van der Waals surface area contributed by atoms with E-state index >= 15 is 0 Å². The van der Waals surface area contributed by atoms with Crippen LogP contribution in [0.15, 0.2) is 11.1 Å². The van der Waals surface area contributed by atoms with Crippen LogP contribution < -0.4 is 5.32 Å². The summed E-state index contributed by atoms with van der Waals surface area (Å²) in [7, 11) is 0. The van der Waals surface area contributed by atoms with Gasteiger partial charge >= 0.3 is 0 Å². The molecule has 2 heteroatoms. The first kappa shape index (κ1) is 10.2. The summed E-state index contributed by atoms with van der Waals surface area (Å²) in [5.74, 6) is 0. The molecule has 0 spiro atoms. The zero-order valence-electron chi connectivity index (χ0n) is 9.47. The Morgan fingerprint density at radius 2 is 2.29 bits per heavy atom. The van der Waals surface area contributed by atoms with Gasteiger partial charge in [-0.3, -0.25) is 4.90 Å². The van der Waals surface area contributed by atoms with Gasteiger partial charge in [0.2, 0.25) is 0 Å². The van der Waals surface area contributed by atoms with Gasteiger partial charge in [-0.15, -0.1) is 0 Å². The number of nitrogens with zero attached hydrogens (tertiary/aromatic N) is 1. The number of hydrogen-bond donors (Lipinski definition) is 1. The van der Waals surface area contributed by atoms with Gasteiger partial charge in [-0.25, -0.2) is 0 Å². The van der Waals surface area contributed by atoms with Crippen LogP contribution in [0.1, 0.15) is 33.1 Å². The summed E-state index contributed by atoms with van der Waals surface area (Å²) in [5, 5.41) is 3.32. The number of rotatable bonds is 3. The smallest absolute Gasteiger partial charge is 0.0196 e. The van der Waals surface area contributed by atoms with Crippen molar-refractivity contribution in [3.63, 3.8) is 0 Å². The molecule has 0 aromatic carbocycles. The summed E-state index contributed by atoms with van der Waals surface area (Å²) in [6, 6.07) is 0.860. The molecular weight excluding hydrogens is 172 g/mol. The Kier molecular flexibility index (Phi) is 3.24. The van der Waals surface area contributed by atoms with E-state index in [9.17, 15) is 0 Å². The number of nitrogens with one attached hydrogen (secondary N) is 1. The van der Waals surface area contributed by atoms with Crippen molar-refractivity contribution >= 4 is 0 Å². The second-order valence-corrected chi connectivity index (χ2v) is 4.66. The maximum Gasteiger partial charge on any atom is 0.0196 e. The highest BCUT2D eigenvalue weighted by Gasteiger charge is 2.23. The van der Waals surface area contributed by atoms with Gasteiger partial charge in [0.25, 0.3) is 0 Å². The summed E-state index contributed by atoms with van der Waals surface area (Å²) in [4.78, 5) is 2.67. The molecule has 0 radical (unpaired) electrons. The zero-order chi connectivity index (χ0) is 9.97. The van der Waals surface area contributed by atoms with Gasteiger partial charge in [0.1, 0.15) is 0 Å². The van der Waals surface area contributed by atoms with Crippen molar-refractivity contribution in [2.45, 2.75) is 39.2 Å². The molecule has 2 aliphatic rings. The maximum atomic E-state index is 3.32. The Morgan fingerprint density at radius 1 is 1.50 bits per heavy atom. The van der Waals surface area contributed by atoms with Crippen LogP contribution in [0.25, 0.3) is 0 Å². The van der Waals surface area contributed by atoms with Crippen LogP contribution in [0.5, 0.6) is 0 Å². The summed E-state index contributed by atoms with van der Waals surface area (Å²) in [6.07, 6.45) is 4.14. The highest BCUT2D eigenvalue weighted by atomic mass is 15.2. The third-order valence-electron chi connectivity index (χ3n) is 3.69. The van der Waals surface area contributed by atoms with E-state index in [4.69, 9.17) is 0 Å². The summed E-state index contributed by atoms with van der Waals surface area (Å²) in [5.41, 5.74) is 3.26. The van der Waals surface area contributed by atoms with Crippen molar-refractivity contribution in [1.82, 2.24) is 10.2 Å². The molecule has 2 nitrogen and oxygen atoms in total. The average molecular weight is 194 g/mol. The fraction of sp³-hybridized carbons (Fsp3) is 0.833. The van der Waals surface area contributed by atoms with E-state index in [1.54, 1.807) is 11.1 Å². The van der Waals surface area contributed by atoms with E-state index in [2.05, 4.69) is 24.1 Å². The van der Waals surface area contributed by atoms with Gasteiger partial charge in [0.15, 0.2) is 0 Å². The quantitative estimate of drug-likeness (QED) is 0.689. The van der Waals surface area contributed by atoms with Crippen LogP contribution >= 0.6 is 0 Å². The van der Waals surface area contributed by atoms with Crippen molar-refractivity contribution in [3.05, 3.63) is 11.1 Å². The maximum absolute atomic E-state index is 3.32. The molecule has 2 saturated heterocycles. The van der Waals surface area contributed by atoms with Crippen molar-refractivity contribution in [2.24, 2.45) is 0 Å². The Hall–Kier alpha value is -0.340. The Labute approximate surface area is 87.4 Å². The van der Waals surface area contributed by atoms with Crippen LogP contribution in [0.3, 0.4) is 0 Å². The lowest BCUT2D eigenvalue weighted by molar-refractivity contribution is 0.267. The number of likely N-dealkylation sites (tertiary alicyclic amines) is 1. The fourth-order valence-electron chi connectivity index (χ4n) is 2.53. The molecule has 0 saturated carbocycles. The summed E-state index contributed by atoms with van der Waals surface area (Å²) in [6.45, 7) is 9.43. The third kappa shape index (κ3) is 2.01. The summed E-state index contributed by atoms with van der Waals surface area (Å²) < 4.78 is 0. The standard InChI is InChI=1S/C12H22N2/c1-3-12-5-4-6-14(12)9-10(2)11-7-13-8-11/h12-13H,3-9H2,1-2H3. The highest BCUT2D eigenvalue weighted by Crippen LogP contribution is 2.22. The van der Waals surface area contributed by atoms with E-state index in [-0.39, 0.29) is 0 Å². The molecule has 0 amide bonds. The first-order valence-electron chi connectivity index (χ1n) is 5.93. The van der Waals surface area contributed by atoms with E-state index < -0.39 is 0 Å². The lowest BCUT2D eigenvalue weighted by atomic mass is 10.0.